The molecule has 1 atom stereocenters. The summed E-state index contributed by atoms with van der Waals surface area (Å²) in [6, 6.07) is 1.00. The number of methoxy groups -OCH3 is 1. The van der Waals surface area contributed by atoms with Crippen molar-refractivity contribution < 1.29 is 4.74 Å². The number of hydrogen-bond donors (Lipinski definition) is 1. The van der Waals surface area contributed by atoms with Gasteiger partial charge in [0.2, 0.25) is 11.9 Å². The fraction of sp³-hybridized carbons (Fsp3) is 0.769. The molecule has 0 saturated carbocycles. The van der Waals surface area contributed by atoms with Gasteiger partial charge in [0.05, 0.1) is 7.11 Å². The molecule has 3 heterocycles. The van der Waals surface area contributed by atoms with Crippen molar-refractivity contribution in [3.8, 4) is 6.01 Å². The lowest BCUT2D eigenvalue weighted by atomic mass is 10.2. The van der Waals surface area contributed by atoms with Crippen molar-refractivity contribution in [1.29, 1.82) is 0 Å². The second kappa shape index (κ2) is 5.78. The summed E-state index contributed by atoms with van der Waals surface area (Å²) in [6.07, 6.45) is 3.73. The molecular weight excluding hydrogens is 256 g/mol. The molecule has 0 radical (unpaired) electrons. The predicted octanol–water partition coefficient (Wildman–Crippen LogP) is 0.596. The lowest BCUT2D eigenvalue weighted by Gasteiger charge is -2.25. The van der Waals surface area contributed by atoms with Gasteiger partial charge in [0.15, 0.2) is 0 Å². The minimum Gasteiger partial charge on any atom is -0.467 e. The van der Waals surface area contributed by atoms with E-state index in [0.717, 1.165) is 25.5 Å². The van der Waals surface area contributed by atoms with Crippen molar-refractivity contribution in [2.24, 2.45) is 0 Å². The zero-order chi connectivity index (χ0) is 13.9. The predicted molar refractivity (Wildman–Crippen MR) is 77.4 cm³/mol. The molecule has 2 aliphatic rings. The van der Waals surface area contributed by atoms with Crippen molar-refractivity contribution in [2.75, 3.05) is 50.6 Å². The molecule has 1 aromatic rings. The summed E-state index contributed by atoms with van der Waals surface area (Å²) in [5, 5.41) is 2.96. The summed E-state index contributed by atoms with van der Waals surface area (Å²) in [7, 11) is 3.39. The molecule has 0 bridgehead atoms. The Morgan fingerprint density at radius 3 is 2.80 bits per heavy atom. The third kappa shape index (κ3) is 2.63. The van der Waals surface area contributed by atoms with E-state index < -0.39 is 0 Å². The molecule has 2 saturated heterocycles. The molecule has 7 heteroatoms. The molecule has 110 valence electrons. The molecule has 0 amide bonds. The third-order valence-corrected chi connectivity index (χ3v) is 4.10. The van der Waals surface area contributed by atoms with E-state index in [2.05, 4.69) is 30.1 Å². The van der Waals surface area contributed by atoms with Crippen LogP contribution in [-0.2, 0) is 0 Å². The lowest BCUT2D eigenvalue weighted by molar-refractivity contribution is 0.273. The van der Waals surface area contributed by atoms with E-state index in [1.807, 2.05) is 0 Å². The summed E-state index contributed by atoms with van der Waals surface area (Å²) in [6.45, 7) is 4.41. The van der Waals surface area contributed by atoms with Crippen molar-refractivity contribution in [3.05, 3.63) is 0 Å². The molecule has 2 fully saturated rings. The number of rotatable bonds is 3. The standard InChI is InChI=1S/C13H22N6O/c1-14-11-15-12(17-13(16-11)20-2)19-8-4-7-18-6-3-5-10(18)9-19/h10H,3-9H2,1-2H3,(H,14,15,16,17). The Labute approximate surface area is 119 Å². The molecule has 0 spiro atoms. The quantitative estimate of drug-likeness (QED) is 0.868. The number of anilines is 2. The van der Waals surface area contributed by atoms with Crippen LogP contribution in [-0.4, -0.2) is 66.2 Å². The summed E-state index contributed by atoms with van der Waals surface area (Å²) in [4.78, 5) is 17.9. The summed E-state index contributed by atoms with van der Waals surface area (Å²) in [5.41, 5.74) is 0. The molecule has 7 nitrogen and oxygen atoms in total. The molecule has 3 rings (SSSR count). The molecule has 1 N–H and O–H groups in total. The fourth-order valence-electron chi connectivity index (χ4n) is 3.08. The smallest absolute Gasteiger partial charge is 0.322 e. The van der Waals surface area contributed by atoms with Gasteiger partial charge in [-0.15, -0.1) is 0 Å². The first-order chi connectivity index (χ1) is 9.80. The summed E-state index contributed by atoms with van der Waals surface area (Å²) < 4.78 is 5.17. The molecule has 0 aliphatic carbocycles. The third-order valence-electron chi connectivity index (χ3n) is 4.10. The van der Waals surface area contributed by atoms with E-state index in [4.69, 9.17) is 4.74 Å². The second-order valence-electron chi connectivity index (χ2n) is 5.33. The maximum absolute atomic E-state index is 5.17. The molecule has 2 aliphatic heterocycles. The van der Waals surface area contributed by atoms with E-state index in [1.165, 1.54) is 25.9 Å². The van der Waals surface area contributed by atoms with Crippen LogP contribution in [0.25, 0.3) is 0 Å². The van der Waals surface area contributed by atoms with Crippen LogP contribution in [0.15, 0.2) is 0 Å². The molecule has 20 heavy (non-hydrogen) atoms. The van der Waals surface area contributed by atoms with Crippen molar-refractivity contribution in [1.82, 2.24) is 19.9 Å². The van der Waals surface area contributed by atoms with Crippen LogP contribution < -0.4 is 15.0 Å². The van der Waals surface area contributed by atoms with Crippen molar-refractivity contribution >= 4 is 11.9 Å². The van der Waals surface area contributed by atoms with Crippen molar-refractivity contribution in [2.45, 2.75) is 25.3 Å². The summed E-state index contributed by atoms with van der Waals surface area (Å²) in [5.74, 6) is 1.27. The second-order valence-corrected chi connectivity index (χ2v) is 5.33. The van der Waals surface area contributed by atoms with Gasteiger partial charge in [0.25, 0.3) is 0 Å². The average molecular weight is 278 g/mol. The topological polar surface area (TPSA) is 66.4 Å². The maximum atomic E-state index is 5.17. The highest BCUT2D eigenvalue weighted by Gasteiger charge is 2.30. The Morgan fingerprint density at radius 1 is 1.15 bits per heavy atom. The SMILES string of the molecule is CNc1nc(OC)nc(N2CCCN3CCCC3C2)n1. The highest BCUT2D eigenvalue weighted by atomic mass is 16.5. The van der Waals surface area contributed by atoms with Crippen LogP contribution in [0.4, 0.5) is 11.9 Å². The van der Waals surface area contributed by atoms with Crippen LogP contribution >= 0.6 is 0 Å². The first kappa shape index (κ1) is 13.4. The van der Waals surface area contributed by atoms with Gasteiger partial charge >= 0.3 is 6.01 Å². The minimum absolute atomic E-state index is 0.367. The van der Waals surface area contributed by atoms with E-state index in [0.29, 0.717) is 18.0 Å². The van der Waals surface area contributed by atoms with Gasteiger partial charge in [0.1, 0.15) is 0 Å². The maximum Gasteiger partial charge on any atom is 0.322 e. The van der Waals surface area contributed by atoms with E-state index in [9.17, 15) is 0 Å². The van der Waals surface area contributed by atoms with E-state index >= 15 is 0 Å². The lowest BCUT2D eigenvalue weighted by Crippen LogP contribution is -2.37. The number of fused-ring (bicyclic) bond motifs is 1. The van der Waals surface area contributed by atoms with Gasteiger partial charge in [-0.25, -0.2) is 0 Å². The van der Waals surface area contributed by atoms with Crippen LogP contribution in [0.3, 0.4) is 0 Å². The van der Waals surface area contributed by atoms with Crippen LogP contribution in [0.2, 0.25) is 0 Å². The fourth-order valence-corrected chi connectivity index (χ4v) is 3.08. The number of nitrogens with one attached hydrogen (secondary N) is 1. The van der Waals surface area contributed by atoms with E-state index in [1.54, 1.807) is 14.2 Å². The highest BCUT2D eigenvalue weighted by Crippen LogP contribution is 2.24. The van der Waals surface area contributed by atoms with Gasteiger partial charge in [-0.3, -0.25) is 4.90 Å². The molecule has 0 aromatic carbocycles. The Balaban J connectivity index is 1.83. The number of hydrogen-bond acceptors (Lipinski definition) is 7. The van der Waals surface area contributed by atoms with E-state index in [-0.39, 0.29) is 0 Å². The number of aromatic nitrogens is 3. The Morgan fingerprint density at radius 2 is 2.00 bits per heavy atom. The van der Waals surface area contributed by atoms with Gasteiger partial charge < -0.3 is 15.0 Å². The Kier molecular flexibility index (Phi) is 3.86. The van der Waals surface area contributed by atoms with Gasteiger partial charge in [-0.2, -0.15) is 15.0 Å². The van der Waals surface area contributed by atoms with Gasteiger partial charge in [-0.05, 0) is 25.8 Å². The zero-order valence-electron chi connectivity index (χ0n) is 12.2. The van der Waals surface area contributed by atoms with Crippen LogP contribution in [0, 0.1) is 0 Å². The van der Waals surface area contributed by atoms with Crippen LogP contribution in [0.5, 0.6) is 6.01 Å². The van der Waals surface area contributed by atoms with Crippen LogP contribution in [0.1, 0.15) is 19.3 Å². The normalized spacial score (nSPS) is 23.3. The largest absolute Gasteiger partial charge is 0.467 e. The Bertz CT molecular complexity index is 446. The molecule has 1 unspecified atom stereocenters. The first-order valence-electron chi connectivity index (χ1n) is 7.27. The van der Waals surface area contributed by atoms with Gasteiger partial charge in [0, 0.05) is 32.7 Å². The molecule has 1 aromatic heterocycles. The average Bonchev–Trinajstić information content (AvgIpc) is 2.83. The van der Waals surface area contributed by atoms with Gasteiger partial charge in [-0.1, -0.05) is 0 Å². The first-order valence-corrected chi connectivity index (χ1v) is 7.27. The number of ether oxygens (including phenoxy) is 1. The summed E-state index contributed by atoms with van der Waals surface area (Å²) >= 11 is 0. The monoisotopic (exact) mass is 278 g/mol. The number of nitrogens with zero attached hydrogens (tertiary/aromatic N) is 5. The highest BCUT2D eigenvalue weighted by molar-refractivity contribution is 5.38. The Hall–Kier alpha value is -1.63. The minimum atomic E-state index is 0.367. The molecular formula is C13H22N6O. The zero-order valence-corrected chi connectivity index (χ0v) is 12.2. The van der Waals surface area contributed by atoms with Crippen molar-refractivity contribution in [3.63, 3.8) is 0 Å².